The van der Waals surface area contributed by atoms with Crippen molar-refractivity contribution in [2.24, 2.45) is 5.92 Å². The number of amides is 1. The van der Waals surface area contributed by atoms with Crippen LogP contribution in [-0.4, -0.2) is 17.0 Å². The number of nitrogens with one attached hydrogen (secondary N) is 2. The fourth-order valence-electron chi connectivity index (χ4n) is 1.45. The summed E-state index contributed by atoms with van der Waals surface area (Å²) in [6.45, 7) is 3.83. The Hall–Kier alpha value is -1.66. The monoisotopic (exact) mass is 313 g/mol. The molecule has 0 bridgehead atoms. The van der Waals surface area contributed by atoms with Crippen molar-refractivity contribution in [3.05, 3.63) is 28.8 Å². The van der Waals surface area contributed by atoms with E-state index in [9.17, 15) is 14.7 Å². The van der Waals surface area contributed by atoms with Gasteiger partial charge in [-0.05, 0) is 35.8 Å². The molecule has 1 rings (SSSR count). The number of carbonyl (C=O) groups is 2. The lowest BCUT2D eigenvalue weighted by atomic mass is 10.1. The molecule has 7 heteroatoms. The maximum atomic E-state index is 11.5. The number of carboxylic acids is 1. The smallest absolute Gasteiger partial charge is 0.226 e. The maximum Gasteiger partial charge on any atom is 0.226 e. The summed E-state index contributed by atoms with van der Waals surface area (Å²) in [7, 11) is 0. The Morgan fingerprint density at radius 1 is 1.40 bits per heavy atom. The van der Waals surface area contributed by atoms with Crippen molar-refractivity contribution >= 4 is 46.5 Å². The Labute approximate surface area is 127 Å². The summed E-state index contributed by atoms with van der Waals surface area (Å²) in [5.41, 5.74) is 0.261. The van der Waals surface area contributed by atoms with E-state index in [-0.39, 0.29) is 27.5 Å². The molecule has 0 aliphatic rings. The fraction of sp³-hybridized carbons (Fsp3) is 0.308. The Bertz CT molecular complexity index is 546. The minimum atomic E-state index is -1.32. The predicted octanol–water partition coefficient (Wildman–Crippen LogP) is 1.56. The van der Waals surface area contributed by atoms with Crippen molar-refractivity contribution in [2.45, 2.75) is 20.3 Å². The molecule has 0 aromatic heterocycles. The van der Waals surface area contributed by atoms with Gasteiger partial charge in [0.2, 0.25) is 5.91 Å². The Morgan fingerprint density at radius 2 is 2.05 bits per heavy atom. The molecule has 20 heavy (non-hydrogen) atoms. The average Bonchev–Trinajstić information content (AvgIpc) is 2.30. The molecule has 5 nitrogen and oxygen atoms in total. The largest absolute Gasteiger partial charge is 0.545 e. The van der Waals surface area contributed by atoms with Crippen LogP contribution in [-0.2, 0) is 4.79 Å². The first kappa shape index (κ1) is 16.4. The molecule has 1 amide bonds. The van der Waals surface area contributed by atoms with Gasteiger partial charge in [-0.15, -0.1) is 0 Å². The lowest BCUT2D eigenvalue weighted by Gasteiger charge is -2.13. The standard InChI is InChI=1S/C13H15ClN2O3S/c1-7(2)5-11(17)16-13(20)15-10-6-8(12(18)19)3-4-9(10)14/h3-4,6-7H,5H2,1-2H3,(H,18,19)(H2,15,16,17,20)/p-1. The number of anilines is 1. The van der Waals surface area contributed by atoms with Gasteiger partial charge in [-0.2, -0.15) is 0 Å². The second kappa shape index (κ2) is 7.21. The summed E-state index contributed by atoms with van der Waals surface area (Å²) in [4.78, 5) is 22.3. The van der Waals surface area contributed by atoms with E-state index in [2.05, 4.69) is 10.6 Å². The third-order valence-corrected chi connectivity index (χ3v) is 2.83. The molecule has 108 valence electrons. The first-order valence-electron chi connectivity index (χ1n) is 5.91. The van der Waals surface area contributed by atoms with Gasteiger partial charge in [0.25, 0.3) is 0 Å². The van der Waals surface area contributed by atoms with Crippen LogP contribution in [0.3, 0.4) is 0 Å². The van der Waals surface area contributed by atoms with Crippen LogP contribution in [0.1, 0.15) is 30.6 Å². The molecule has 0 aliphatic carbocycles. The average molecular weight is 314 g/mol. The molecular weight excluding hydrogens is 300 g/mol. The Kier molecular flexibility index (Phi) is 5.91. The number of hydrogen-bond donors (Lipinski definition) is 2. The molecule has 0 aliphatic heterocycles. The Balaban J connectivity index is 2.73. The van der Waals surface area contributed by atoms with Crippen LogP contribution in [0.4, 0.5) is 5.69 Å². The molecule has 0 saturated heterocycles. The van der Waals surface area contributed by atoms with E-state index < -0.39 is 5.97 Å². The van der Waals surface area contributed by atoms with E-state index in [4.69, 9.17) is 23.8 Å². The molecule has 0 radical (unpaired) electrons. The van der Waals surface area contributed by atoms with Gasteiger partial charge in [0.05, 0.1) is 16.7 Å². The summed E-state index contributed by atoms with van der Waals surface area (Å²) in [6.07, 6.45) is 0.342. The highest BCUT2D eigenvalue weighted by molar-refractivity contribution is 7.80. The van der Waals surface area contributed by atoms with E-state index in [1.54, 1.807) is 0 Å². The van der Waals surface area contributed by atoms with Crippen LogP contribution < -0.4 is 15.7 Å². The first-order valence-corrected chi connectivity index (χ1v) is 6.70. The van der Waals surface area contributed by atoms with Crippen LogP contribution in [0.25, 0.3) is 0 Å². The maximum absolute atomic E-state index is 11.5. The van der Waals surface area contributed by atoms with Gasteiger partial charge in [0.15, 0.2) is 5.11 Å². The van der Waals surface area contributed by atoms with E-state index in [1.807, 2.05) is 13.8 Å². The van der Waals surface area contributed by atoms with Gasteiger partial charge in [0, 0.05) is 6.42 Å². The number of rotatable bonds is 4. The van der Waals surface area contributed by atoms with Gasteiger partial charge >= 0.3 is 0 Å². The molecule has 0 saturated carbocycles. The topological polar surface area (TPSA) is 81.3 Å². The van der Waals surface area contributed by atoms with Crippen LogP contribution >= 0.6 is 23.8 Å². The lowest BCUT2D eigenvalue weighted by molar-refractivity contribution is -0.255. The van der Waals surface area contributed by atoms with Crippen molar-refractivity contribution in [1.29, 1.82) is 0 Å². The highest BCUT2D eigenvalue weighted by Gasteiger charge is 2.09. The second-order valence-corrected chi connectivity index (χ2v) is 5.40. The van der Waals surface area contributed by atoms with Crippen molar-refractivity contribution in [3.8, 4) is 0 Å². The molecule has 1 aromatic carbocycles. The zero-order valence-electron chi connectivity index (χ0n) is 11.0. The van der Waals surface area contributed by atoms with Gasteiger partial charge in [-0.25, -0.2) is 0 Å². The number of aromatic carboxylic acids is 1. The molecule has 1 aromatic rings. The fourth-order valence-corrected chi connectivity index (χ4v) is 1.84. The summed E-state index contributed by atoms with van der Waals surface area (Å²) >= 11 is 10.9. The van der Waals surface area contributed by atoms with Crippen molar-refractivity contribution in [3.63, 3.8) is 0 Å². The summed E-state index contributed by atoms with van der Waals surface area (Å²) in [5, 5.41) is 16.3. The minimum absolute atomic E-state index is 0.0341. The van der Waals surface area contributed by atoms with Gasteiger partial charge in [-0.1, -0.05) is 31.5 Å². The first-order chi connectivity index (χ1) is 9.29. The number of carbonyl (C=O) groups excluding carboxylic acids is 2. The highest BCUT2D eigenvalue weighted by Crippen LogP contribution is 2.22. The van der Waals surface area contributed by atoms with E-state index >= 15 is 0 Å². The van der Waals surface area contributed by atoms with E-state index in [0.717, 1.165) is 0 Å². The zero-order chi connectivity index (χ0) is 15.3. The molecule has 0 unspecified atom stereocenters. The molecule has 0 heterocycles. The van der Waals surface area contributed by atoms with Crippen LogP contribution in [0.5, 0.6) is 0 Å². The van der Waals surface area contributed by atoms with Crippen molar-refractivity contribution in [1.82, 2.24) is 5.32 Å². The lowest BCUT2D eigenvalue weighted by Crippen LogP contribution is -2.34. The van der Waals surface area contributed by atoms with Gasteiger partial charge < -0.3 is 20.5 Å². The number of halogens is 1. The normalized spacial score (nSPS) is 10.2. The molecular formula is C13H14ClN2O3S-. The number of thiocarbonyl (C=S) groups is 1. The van der Waals surface area contributed by atoms with E-state index in [1.165, 1.54) is 18.2 Å². The van der Waals surface area contributed by atoms with Gasteiger partial charge in [0.1, 0.15) is 0 Å². The highest BCUT2D eigenvalue weighted by atomic mass is 35.5. The molecule has 2 N–H and O–H groups in total. The van der Waals surface area contributed by atoms with Crippen LogP contribution in [0.2, 0.25) is 5.02 Å². The predicted molar refractivity (Wildman–Crippen MR) is 79.6 cm³/mol. The molecule has 0 fully saturated rings. The minimum Gasteiger partial charge on any atom is -0.545 e. The molecule has 0 atom stereocenters. The summed E-state index contributed by atoms with van der Waals surface area (Å²) < 4.78 is 0. The third kappa shape index (κ3) is 5.14. The Morgan fingerprint density at radius 3 is 2.60 bits per heavy atom. The summed E-state index contributed by atoms with van der Waals surface area (Å²) in [6, 6.07) is 4.02. The second-order valence-electron chi connectivity index (χ2n) is 4.58. The number of benzene rings is 1. The summed E-state index contributed by atoms with van der Waals surface area (Å²) in [5.74, 6) is -1.33. The van der Waals surface area contributed by atoms with Crippen LogP contribution in [0.15, 0.2) is 18.2 Å². The zero-order valence-corrected chi connectivity index (χ0v) is 12.6. The quantitative estimate of drug-likeness (QED) is 0.825. The van der Waals surface area contributed by atoms with Crippen molar-refractivity contribution < 1.29 is 14.7 Å². The third-order valence-electron chi connectivity index (χ3n) is 2.30. The van der Waals surface area contributed by atoms with E-state index in [0.29, 0.717) is 12.1 Å². The van der Waals surface area contributed by atoms with Crippen LogP contribution in [0, 0.1) is 5.92 Å². The molecule has 0 spiro atoms. The SMILES string of the molecule is CC(C)CC(=O)NC(=S)Nc1cc(C(=O)[O-])ccc1Cl. The van der Waals surface area contributed by atoms with Crippen molar-refractivity contribution in [2.75, 3.05) is 5.32 Å². The number of carboxylic acid groups (broad SMARTS) is 1. The number of hydrogen-bond acceptors (Lipinski definition) is 4. The van der Waals surface area contributed by atoms with Gasteiger partial charge in [-0.3, -0.25) is 4.79 Å².